The molecule has 0 unspecified atom stereocenters. The van der Waals surface area contributed by atoms with Crippen LogP contribution in [0.15, 0.2) is 36.1 Å². The molecule has 0 heterocycles. The van der Waals surface area contributed by atoms with Crippen molar-refractivity contribution in [3.05, 3.63) is 58.3 Å². The summed E-state index contributed by atoms with van der Waals surface area (Å²) in [7, 11) is 1.42. The Morgan fingerprint density at radius 3 is 1.77 bits per heavy atom. The van der Waals surface area contributed by atoms with E-state index in [4.69, 9.17) is 18.9 Å². The first kappa shape index (κ1) is 32.6. The molecule has 0 aliphatic heterocycles. The van der Waals surface area contributed by atoms with Gasteiger partial charge < -0.3 is 18.9 Å². The van der Waals surface area contributed by atoms with Gasteiger partial charge >= 0.3 is 11.9 Å². The molecule has 0 saturated heterocycles. The lowest BCUT2D eigenvalue weighted by atomic mass is 9.95. The second-order valence-corrected chi connectivity index (χ2v) is 11.7. The number of carbonyl (C=O) groups excluding carboxylic acids is 3. The van der Waals surface area contributed by atoms with E-state index in [1.54, 1.807) is 71.9 Å². The number of methoxy groups -OCH3 is 1. The van der Waals surface area contributed by atoms with Crippen LogP contribution in [0, 0.1) is 10.8 Å². The molecule has 7 heteroatoms. The van der Waals surface area contributed by atoms with Gasteiger partial charge in [0.1, 0.15) is 17.2 Å². The molecule has 218 valence electrons. The largest absolute Gasteiger partial charge is 0.493 e. The van der Waals surface area contributed by atoms with E-state index in [0.717, 1.165) is 17.5 Å². The van der Waals surface area contributed by atoms with E-state index in [1.807, 2.05) is 26.8 Å². The van der Waals surface area contributed by atoms with E-state index in [1.165, 1.54) is 7.11 Å². The summed E-state index contributed by atoms with van der Waals surface area (Å²) in [6, 6.07) is 8.30. The minimum atomic E-state index is -0.738. The Bertz CT molecular complexity index is 1240. The fourth-order valence-electron chi connectivity index (χ4n) is 3.61. The third kappa shape index (κ3) is 8.20. The molecule has 40 heavy (non-hydrogen) atoms. The summed E-state index contributed by atoms with van der Waals surface area (Å²) in [5, 5.41) is 0. The van der Waals surface area contributed by atoms with E-state index >= 15 is 0 Å². The van der Waals surface area contributed by atoms with Crippen molar-refractivity contribution >= 4 is 23.8 Å². The highest BCUT2D eigenvalue weighted by atomic mass is 16.5. The summed E-state index contributed by atoms with van der Waals surface area (Å²) in [6.45, 7) is 17.2. The molecule has 2 aromatic carbocycles. The third-order valence-corrected chi connectivity index (χ3v) is 6.10. The van der Waals surface area contributed by atoms with E-state index < -0.39 is 16.8 Å². The molecule has 0 aromatic heterocycles. The smallest absolute Gasteiger partial charge is 0.316 e. The van der Waals surface area contributed by atoms with Crippen LogP contribution in [0.4, 0.5) is 0 Å². The van der Waals surface area contributed by atoms with Gasteiger partial charge in [0, 0.05) is 5.56 Å². The first-order valence-electron chi connectivity index (χ1n) is 13.8. The molecule has 0 saturated carbocycles. The molecule has 0 aliphatic rings. The molecule has 0 amide bonds. The first-order valence-corrected chi connectivity index (χ1v) is 13.8. The lowest BCUT2D eigenvalue weighted by molar-refractivity contribution is -0.143. The zero-order valence-electron chi connectivity index (χ0n) is 25.7. The quantitative estimate of drug-likeness (QED) is 0.0945. The van der Waals surface area contributed by atoms with Crippen LogP contribution in [0.1, 0.15) is 95.8 Å². The molecular weight excluding hydrogens is 508 g/mol. The van der Waals surface area contributed by atoms with Crippen LogP contribution in [0.3, 0.4) is 0 Å². The van der Waals surface area contributed by atoms with Crippen molar-refractivity contribution in [2.75, 3.05) is 13.7 Å². The van der Waals surface area contributed by atoms with Gasteiger partial charge in [0.2, 0.25) is 5.78 Å². The van der Waals surface area contributed by atoms with Crippen molar-refractivity contribution in [2.45, 2.75) is 81.6 Å². The van der Waals surface area contributed by atoms with Gasteiger partial charge in [-0.1, -0.05) is 20.8 Å². The molecule has 0 radical (unpaired) electrons. The van der Waals surface area contributed by atoms with Gasteiger partial charge in [-0.25, -0.2) is 0 Å². The molecule has 2 rings (SSSR count). The zero-order valence-corrected chi connectivity index (χ0v) is 25.7. The number of allylic oxidation sites excluding steroid dienone is 1. The maximum atomic E-state index is 13.6. The highest BCUT2D eigenvalue weighted by Gasteiger charge is 2.29. The number of benzene rings is 2. The molecule has 0 fully saturated rings. The number of Topliss-reactive ketones (excluding diaryl/α,β-unsaturated/α-hetero) is 1. The molecule has 2 aromatic rings. The van der Waals surface area contributed by atoms with Crippen LogP contribution in [0.2, 0.25) is 0 Å². The van der Waals surface area contributed by atoms with Gasteiger partial charge in [-0.05, 0) is 108 Å². The SMILES string of the molecule is CCCOc1c(CC)cc(CC)c(OC(=O)C(C)(C)C)c1C=C(OC)C(=O)c1ccc(OC(=O)C(C)(C)C)cc1. The fraction of sp³-hybridized carbons (Fsp3) is 0.485. The highest BCUT2D eigenvalue weighted by molar-refractivity contribution is 6.10. The maximum Gasteiger partial charge on any atom is 0.316 e. The number of esters is 2. The Labute approximate surface area is 238 Å². The second kappa shape index (κ2) is 13.6. The van der Waals surface area contributed by atoms with E-state index in [-0.39, 0.29) is 17.5 Å². The third-order valence-electron chi connectivity index (χ3n) is 6.10. The maximum absolute atomic E-state index is 13.6. The summed E-state index contributed by atoms with van der Waals surface area (Å²) in [6.07, 6.45) is 3.66. The van der Waals surface area contributed by atoms with E-state index in [9.17, 15) is 14.4 Å². The van der Waals surface area contributed by atoms with Gasteiger partial charge in [-0.15, -0.1) is 0 Å². The number of aryl methyl sites for hydroxylation is 2. The lowest BCUT2D eigenvalue weighted by Crippen LogP contribution is -2.26. The topological polar surface area (TPSA) is 88.1 Å². The summed E-state index contributed by atoms with van der Waals surface area (Å²) in [5.41, 5.74) is 1.21. The van der Waals surface area contributed by atoms with Gasteiger partial charge in [0.05, 0.1) is 30.1 Å². The molecule has 0 spiro atoms. The molecule has 0 bridgehead atoms. The van der Waals surface area contributed by atoms with Gasteiger partial charge in [0.15, 0.2) is 5.76 Å². The molecule has 7 nitrogen and oxygen atoms in total. The first-order chi connectivity index (χ1) is 18.7. The molecule has 0 N–H and O–H groups in total. The number of carbonyl (C=O) groups is 3. The lowest BCUT2D eigenvalue weighted by Gasteiger charge is -2.23. The van der Waals surface area contributed by atoms with Crippen molar-refractivity contribution in [1.82, 2.24) is 0 Å². The van der Waals surface area contributed by atoms with Crippen LogP contribution in [-0.2, 0) is 27.2 Å². The normalized spacial score (nSPS) is 12.1. The van der Waals surface area contributed by atoms with E-state index in [2.05, 4.69) is 0 Å². The Morgan fingerprint density at radius 2 is 1.30 bits per heavy atom. The van der Waals surface area contributed by atoms with Crippen LogP contribution >= 0.6 is 0 Å². The number of rotatable bonds is 11. The summed E-state index contributed by atoms with van der Waals surface area (Å²) in [5.74, 6) is 0.156. The minimum Gasteiger partial charge on any atom is -0.493 e. The van der Waals surface area contributed by atoms with Gasteiger partial charge in [-0.2, -0.15) is 0 Å². The molecule has 0 atom stereocenters. The van der Waals surface area contributed by atoms with Crippen molar-refractivity contribution in [2.24, 2.45) is 10.8 Å². The predicted molar refractivity (Wildman–Crippen MR) is 157 cm³/mol. The number of ether oxygens (including phenoxy) is 4. The standard InChI is InChI=1S/C33H44O7/c1-11-18-38-28-21(12-2)19-22(13-3)29(40-31(36)33(7,8)9)25(28)20-26(37-10)27(34)23-14-16-24(17-15-23)39-30(35)32(4,5)6/h14-17,19-20H,11-13,18H2,1-10H3. The van der Waals surface area contributed by atoms with Gasteiger partial charge in [-0.3, -0.25) is 14.4 Å². The summed E-state index contributed by atoms with van der Waals surface area (Å²) >= 11 is 0. The van der Waals surface area contributed by atoms with Crippen molar-refractivity contribution < 1.29 is 33.3 Å². The highest BCUT2D eigenvalue weighted by Crippen LogP contribution is 2.40. The zero-order chi connectivity index (χ0) is 30.3. The number of ketones is 1. The monoisotopic (exact) mass is 552 g/mol. The Morgan fingerprint density at radius 1 is 0.775 bits per heavy atom. The summed E-state index contributed by atoms with van der Waals surface area (Å²) in [4.78, 5) is 38.8. The van der Waals surface area contributed by atoms with Crippen LogP contribution in [0.5, 0.6) is 17.2 Å². The van der Waals surface area contributed by atoms with Gasteiger partial charge in [0.25, 0.3) is 0 Å². The average Bonchev–Trinajstić information content (AvgIpc) is 2.89. The predicted octanol–water partition coefficient (Wildman–Crippen LogP) is 7.37. The van der Waals surface area contributed by atoms with Crippen molar-refractivity contribution in [3.8, 4) is 17.2 Å². The van der Waals surface area contributed by atoms with Crippen LogP contribution in [0.25, 0.3) is 6.08 Å². The van der Waals surface area contributed by atoms with Crippen molar-refractivity contribution in [3.63, 3.8) is 0 Å². The van der Waals surface area contributed by atoms with Crippen LogP contribution < -0.4 is 14.2 Å². The second-order valence-electron chi connectivity index (χ2n) is 11.7. The van der Waals surface area contributed by atoms with E-state index in [0.29, 0.717) is 47.8 Å². The molecule has 0 aliphatic carbocycles. The minimum absolute atomic E-state index is 0.0455. The number of hydrogen-bond donors (Lipinski definition) is 0. The average molecular weight is 553 g/mol. The Balaban J connectivity index is 2.65. The fourth-order valence-corrected chi connectivity index (χ4v) is 3.61. The van der Waals surface area contributed by atoms with Crippen LogP contribution in [-0.4, -0.2) is 31.4 Å². The van der Waals surface area contributed by atoms with Crippen molar-refractivity contribution in [1.29, 1.82) is 0 Å². The Hall–Kier alpha value is -3.61. The number of hydrogen-bond acceptors (Lipinski definition) is 7. The molecular formula is C33H44O7. The Kier molecular flexibility index (Phi) is 11.1. The summed E-state index contributed by atoms with van der Waals surface area (Å²) < 4.78 is 23.2.